The average Bonchev–Trinajstić information content (AvgIpc) is 2.25. The van der Waals surface area contributed by atoms with Crippen molar-refractivity contribution in [1.82, 2.24) is 5.32 Å². The summed E-state index contributed by atoms with van der Waals surface area (Å²) in [6.07, 6.45) is 3.43. The van der Waals surface area contributed by atoms with E-state index in [1.54, 1.807) is 0 Å². The van der Waals surface area contributed by atoms with E-state index in [4.69, 9.17) is 22.3 Å². The molecule has 104 valence electrons. The summed E-state index contributed by atoms with van der Waals surface area (Å²) in [7, 11) is 1.38. The number of benzene rings is 1. The van der Waals surface area contributed by atoms with Crippen LogP contribution in [-0.2, 0) is 9.05 Å². The lowest BCUT2D eigenvalue weighted by Crippen LogP contribution is -2.32. The normalized spacial score (nSPS) is 15.9. The Kier molecular flexibility index (Phi) is 4.38. The minimum absolute atomic E-state index is 0.128. The van der Waals surface area contributed by atoms with Crippen LogP contribution in [0.2, 0.25) is 5.02 Å². The molecule has 1 N–H and O–H groups in total. The second-order valence-corrected chi connectivity index (χ2v) is 7.56. The van der Waals surface area contributed by atoms with E-state index in [-0.39, 0.29) is 21.4 Å². The second kappa shape index (κ2) is 5.69. The molecule has 4 nitrogen and oxygen atoms in total. The Morgan fingerprint density at radius 3 is 2.58 bits per heavy atom. The molecule has 1 aliphatic rings. The highest BCUT2D eigenvalue weighted by Crippen LogP contribution is 2.26. The van der Waals surface area contributed by atoms with E-state index >= 15 is 0 Å². The zero-order valence-corrected chi connectivity index (χ0v) is 12.4. The van der Waals surface area contributed by atoms with Crippen LogP contribution in [0.3, 0.4) is 0 Å². The molecule has 0 aliphatic heterocycles. The van der Waals surface area contributed by atoms with E-state index in [1.807, 2.05) is 0 Å². The number of carbonyl (C=O) groups excluding carboxylic acids is 1. The minimum atomic E-state index is -3.87. The molecule has 1 amide bonds. The van der Waals surface area contributed by atoms with Gasteiger partial charge in [-0.25, -0.2) is 8.42 Å². The standard InChI is InChI=1S/C12H13Cl2NO3S/c13-11-5-4-9(19(14,17)18)6-10(11)12(16)15-7-8-2-1-3-8/h4-6,8H,1-3,7H2,(H,15,16). The minimum Gasteiger partial charge on any atom is -0.352 e. The van der Waals surface area contributed by atoms with Crippen LogP contribution < -0.4 is 5.32 Å². The topological polar surface area (TPSA) is 63.2 Å². The predicted octanol–water partition coefficient (Wildman–Crippen LogP) is 2.80. The van der Waals surface area contributed by atoms with Crippen LogP contribution in [0.15, 0.2) is 23.1 Å². The van der Waals surface area contributed by atoms with Gasteiger partial charge in [-0.15, -0.1) is 0 Å². The van der Waals surface area contributed by atoms with E-state index < -0.39 is 9.05 Å². The monoisotopic (exact) mass is 321 g/mol. The number of hydrogen-bond donors (Lipinski definition) is 1. The molecule has 1 aromatic carbocycles. The quantitative estimate of drug-likeness (QED) is 0.867. The number of amides is 1. The van der Waals surface area contributed by atoms with Crippen molar-refractivity contribution in [2.45, 2.75) is 24.2 Å². The van der Waals surface area contributed by atoms with Gasteiger partial charge in [0.1, 0.15) is 0 Å². The molecule has 19 heavy (non-hydrogen) atoms. The molecular formula is C12H13Cl2NO3S. The lowest BCUT2D eigenvalue weighted by atomic mass is 9.85. The molecule has 7 heteroatoms. The summed E-state index contributed by atoms with van der Waals surface area (Å²) >= 11 is 5.91. The van der Waals surface area contributed by atoms with Crippen LogP contribution in [0, 0.1) is 5.92 Å². The lowest BCUT2D eigenvalue weighted by Gasteiger charge is -2.25. The maximum absolute atomic E-state index is 12.0. The lowest BCUT2D eigenvalue weighted by molar-refractivity contribution is 0.0939. The van der Waals surface area contributed by atoms with E-state index in [0.29, 0.717) is 12.5 Å². The van der Waals surface area contributed by atoms with Gasteiger partial charge in [0.15, 0.2) is 0 Å². The zero-order valence-electron chi connectivity index (χ0n) is 10.0. The molecule has 1 aromatic rings. The largest absolute Gasteiger partial charge is 0.352 e. The number of nitrogens with one attached hydrogen (secondary N) is 1. The Labute approximate surface area is 121 Å². The van der Waals surface area contributed by atoms with Gasteiger partial charge in [0, 0.05) is 17.2 Å². The van der Waals surface area contributed by atoms with Crippen molar-refractivity contribution < 1.29 is 13.2 Å². The molecule has 0 bridgehead atoms. The fourth-order valence-corrected chi connectivity index (χ4v) is 2.84. The van der Waals surface area contributed by atoms with Crippen LogP contribution in [0.1, 0.15) is 29.6 Å². The van der Waals surface area contributed by atoms with Crippen molar-refractivity contribution in [3.63, 3.8) is 0 Å². The fourth-order valence-electron chi connectivity index (χ4n) is 1.86. The van der Waals surface area contributed by atoms with E-state index in [1.165, 1.54) is 24.6 Å². The summed E-state index contributed by atoms with van der Waals surface area (Å²) in [6.45, 7) is 0.590. The van der Waals surface area contributed by atoms with E-state index in [9.17, 15) is 13.2 Å². The number of carbonyl (C=O) groups is 1. The Morgan fingerprint density at radius 2 is 2.05 bits per heavy atom. The SMILES string of the molecule is O=C(NCC1CCC1)c1cc(S(=O)(=O)Cl)ccc1Cl. The van der Waals surface area contributed by atoms with Crippen molar-refractivity contribution >= 4 is 37.2 Å². The first-order chi connectivity index (χ1) is 8.88. The third-order valence-electron chi connectivity index (χ3n) is 3.24. The van der Waals surface area contributed by atoms with Gasteiger partial charge < -0.3 is 5.32 Å². The first kappa shape index (κ1) is 14.6. The zero-order chi connectivity index (χ0) is 14.0. The first-order valence-corrected chi connectivity index (χ1v) is 8.59. The molecule has 0 atom stereocenters. The summed E-state index contributed by atoms with van der Waals surface area (Å²) in [4.78, 5) is 11.8. The van der Waals surface area contributed by atoms with Crippen LogP contribution in [-0.4, -0.2) is 20.9 Å². The number of halogens is 2. The van der Waals surface area contributed by atoms with Gasteiger partial charge in [-0.3, -0.25) is 4.79 Å². The molecule has 0 spiro atoms. The maximum atomic E-state index is 12.0. The Bertz CT molecular complexity index is 597. The fraction of sp³-hybridized carbons (Fsp3) is 0.417. The highest BCUT2D eigenvalue weighted by atomic mass is 35.7. The summed E-state index contributed by atoms with van der Waals surface area (Å²) < 4.78 is 22.5. The van der Waals surface area contributed by atoms with Crippen LogP contribution in [0.25, 0.3) is 0 Å². The Balaban J connectivity index is 2.15. The van der Waals surface area contributed by atoms with Crippen molar-refractivity contribution in [1.29, 1.82) is 0 Å². The molecule has 0 heterocycles. The molecule has 0 aromatic heterocycles. The summed E-state index contributed by atoms with van der Waals surface area (Å²) in [5.41, 5.74) is 0.128. The van der Waals surface area contributed by atoms with Gasteiger partial charge in [-0.05, 0) is 37.0 Å². The summed E-state index contributed by atoms with van der Waals surface area (Å²) in [5.74, 6) is 0.140. The van der Waals surface area contributed by atoms with Crippen LogP contribution >= 0.6 is 22.3 Å². The van der Waals surface area contributed by atoms with Gasteiger partial charge in [-0.1, -0.05) is 18.0 Å². The van der Waals surface area contributed by atoms with E-state index in [0.717, 1.165) is 12.8 Å². The highest BCUT2D eigenvalue weighted by Gasteiger charge is 2.20. The predicted molar refractivity (Wildman–Crippen MR) is 74.2 cm³/mol. The summed E-state index contributed by atoms with van der Waals surface area (Å²) in [6, 6.07) is 3.82. The van der Waals surface area contributed by atoms with Crippen molar-refractivity contribution in [3.05, 3.63) is 28.8 Å². The molecule has 0 unspecified atom stereocenters. The van der Waals surface area contributed by atoms with Crippen molar-refractivity contribution in [2.24, 2.45) is 5.92 Å². The smallest absolute Gasteiger partial charge is 0.261 e. The van der Waals surface area contributed by atoms with Crippen molar-refractivity contribution in [2.75, 3.05) is 6.54 Å². The third kappa shape index (κ3) is 3.61. The third-order valence-corrected chi connectivity index (χ3v) is 4.92. The Morgan fingerprint density at radius 1 is 1.37 bits per heavy atom. The number of hydrogen-bond acceptors (Lipinski definition) is 3. The second-order valence-electron chi connectivity index (χ2n) is 4.59. The van der Waals surface area contributed by atoms with Gasteiger partial charge in [0.2, 0.25) is 0 Å². The Hall–Kier alpha value is -0.780. The molecule has 0 radical (unpaired) electrons. The van der Waals surface area contributed by atoms with Gasteiger partial charge in [0.05, 0.1) is 15.5 Å². The molecule has 1 aliphatic carbocycles. The van der Waals surface area contributed by atoms with Crippen LogP contribution in [0.5, 0.6) is 0 Å². The molecule has 2 rings (SSSR count). The highest BCUT2D eigenvalue weighted by molar-refractivity contribution is 8.13. The van der Waals surface area contributed by atoms with Gasteiger partial charge >= 0.3 is 0 Å². The van der Waals surface area contributed by atoms with Crippen molar-refractivity contribution in [3.8, 4) is 0 Å². The molecule has 1 saturated carbocycles. The number of rotatable bonds is 4. The van der Waals surface area contributed by atoms with Gasteiger partial charge in [-0.2, -0.15) is 0 Å². The van der Waals surface area contributed by atoms with Crippen LogP contribution in [0.4, 0.5) is 0 Å². The van der Waals surface area contributed by atoms with Gasteiger partial charge in [0.25, 0.3) is 15.0 Å². The summed E-state index contributed by atoms with van der Waals surface area (Å²) in [5, 5.41) is 2.96. The first-order valence-electron chi connectivity index (χ1n) is 5.90. The molecular weight excluding hydrogens is 309 g/mol. The molecule has 0 saturated heterocycles. The molecule has 1 fully saturated rings. The average molecular weight is 322 g/mol. The van der Waals surface area contributed by atoms with E-state index in [2.05, 4.69) is 5.32 Å². The maximum Gasteiger partial charge on any atom is 0.261 e.